The van der Waals surface area contributed by atoms with Gasteiger partial charge in [-0.2, -0.15) is 0 Å². The van der Waals surface area contributed by atoms with E-state index in [0.717, 1.165) is 22.8 Å². The quantitative estimate of drug-likeness (QED) is 0.594. The highest BCUT2D eigenvalue weighted by Gasteiger charge is 2.39. The monoisotopic (exact) mass is 377 g/mol. The first-order valence-electron chi connectivity index (χ1n) is 8.88. The lowest BCUT2D eigenvalue weighted by Crippen LogP contribution is -2.31. The number of thioether (sulfide) groups is 1. The van der Waals surface area contributed by atoms with E-state index in [-0.39, 0.29) is 5.91 Å². The summed E-state index contributed by atoms with van der Waals surface area (Å²) in [5, 5.41) is 0.715. The van der Waals surface area contributed by atoms with Crippen molar-refractivity contribution in [3.8, 4) is 0 Å². The molecule has 0 bridgehead atoms. The second kappa shape index (κ2) is 7.04. The number of aryl methyl sites for hydroxylation is 1. The summed E-state index contributed by atoms with van der Waals surface area (Å²) >= 11 is 1.44. The van der Waals surface area contributed by atoms with Gasteiger partial charge in [0.25, 0.3) is 11.1 Å². The minimum absolute atomic E-state index is 0.00529. The van der Waals surface area contributed by atoms with E-state index in [0.29, 0.717) is 16.6 Å². The molecule has 0 radical (unpaired) electrons. The van der Waals surface area contributed by atoms with Crippen molar-refractivity contribution in [1.29, 1.82) is 0 Å². The molecular formula is C21H21N4OS+. The molecular weight excluding hydrogens is 356 g/mol. The van der Waals surface area contributed by atoms with Crippen molar-refractivity contribution in [2.24, 2.45) is 12.0 Å². The predicted molar refractivity (Wildman–Crippen MR) is 111 cm³/mol. The number of para-hydroxylation sites is 1. The first-order chi connectivity index (χ1) is 13.1. The fourth-order valence-electron chi connectivity index (χ4n) is 3.22. The molecule has 6 heteroatoms. The number of anilines is 1. The Morgan fingerprint density at radius 1 is 1.11 bits per heavy atom. The lowest BCUT2D eigenvalue weighted by atomic mass is 10.1. The van der Waals surface area contributed by atoms with Gasteiger partial charge in [0, 0.05) is 25.3 Å². The Balaban J connectivity index is 1.77. The summed E-state index contributed by atoms with van der Waals surface area (Å²) in [6.07, 6.45) is 6.03. The highest BCUT2D eigenvalue weighted by molar-refractivity contribution is 8.18. The van der Waals surface area contributed by atoms with Gasteiger partial charge in [0.15, 0.2) is 0 Å². The van der Waals surface area contributed by atoms with E-state index < -0.39 is 0 Å². The highest BCUT2D eigenvalue weighted by atomic mass is 32.2. The molecule has 136 valence electrons. The molecule has 1 fully saturated rings. The van der Waals surface area contributed by atoms with Gasteiger partial charge in [0.1, 0.15) is 4.91 Å². The summed E-state index contributed by atoms with van der Waals surface area (Å²) in [7, 11) is 3.95. The Bertz CT molecular complexity index is 1010. The van der Waals surface area contributed by atoms with Crippen LogP contribution in [0.25, 0.3) is 6.08 Å². The molecule has 3 heterocycles. The van der Waals surface area contributed by atoms with Crippen LogP contribution in [0.3, 0.4) is 0 Å². The average molecular weight is 377 g/mol. The lowest BCUT2D eigenvalue weighted by molar-refractivity contribution is -0.658. The Morgan fingerprint density at radius 2 is 1.89 bits per heavy atom. The number of aliphatic imine (C=N–C) groups is 1. The molecule has 0 saturated carbocycles. The van der Waals surface area contributed by atoms with Gasteiger partial charge in [-0.3, -0.25) is 9.69 Å². The van der Waals surface area contributed by atoms with Crippen molar-refractivity contribution >= 4 is 40.4 Å². The SMILES string of the molecule is CCN1C(=O)/C(=C2\C=Cc3ccccc3N2C)S/C1=N\c1cccc[n+]1C. The third-order valence-corrected chi connectivity index (χ3v) is 5.81. The topological polar surface area (TPSA) is 39.8 Å². The lowest BCUT2D eigenvalue weighted by Gasteiger charge is -2.27. The molecule has 27 heavy (non-hydrogen) atoms. The van der Waals surface area contributed by atoms with Crippen LogP contribution in [0.1, 0.15) is 12.5 Å². The summed E-state index contributed by atoms with van der Waals surface area (Å²) in [5.74, 6) is 0.820. The van der Waals surface area contributed by atoms with Crippen LogP contribution in [-0.4, -0.2) is 29.6 Å². The molecule has 1 aromatic heterocycles. The van der Waals surface area contributed by atoms with Crippen LogP contribution in [-0.2, 0) is 11.8 Å². The number of fused-ring (bicyclic) bond motifs is 1. The van der Waals surface area contributed by atoms with Crippen LogP contribution in [0.15, 0.2) is 70.3 Å². The van der Waals surface area contributed by atoms with E-state index in [9.17, 15) is 4.79 Å². The third kappa shape index (κ3) is 3.06. The van der Waals surface area contributed by atoms with E-state index in [2.05, 4.69) is 23.1 Å². The fraction of sp³-hybridized carbons (Fsp3) is 0.190. The number of pyridine rings is 1. The number of nitrogens with zero attached hydrogens (tertiary/aromatic N) is 4. The Labute approximate surface area is 163 Å². The van der Waals surface area contributed by atoms with E-state index in [1.807, 2.05) is 68.2 Å². The number of benzene rings is 1. The summed E-state index contributed by atoms with van der Waals surface area (Å²) < 4.78 is 1.94. The molecule has 0 spiro atoms. The Hall–Kier alpha value is -2.86. The Kier molecular flexibility index (Phi) is 4.58. The summed E-state index contributed by atoms with van der Waals surface area (Å²) in [6.45, 7) is 2.56. The molecule has 1 saturated heterocycles. The number of amides is 1. The van der Waals surface area contributed by atoms with E-state index in [1.54, 1.807) is 4.90 Å². The standard InChI is InChI=1S/C21H21N4OS/c1-4-25-20(26)19(27-21(25)22-18-11-7-8-14-23(18)2)17-13-12-15-9-5-6-10-16(15)24(17)3/h5-14H,4H2,1-3H3/q+1/b19-17-. The van der Waals surface area contributed by atoms with Gasteiger partial charge in [-0.05, 0) is 47.5 Å². The molecule has 2 aliphatic heterocycles. The molecule has 2 aliphatic rings. The van der Waals surface area contributed by atoms with Crippen LogP contribution < -0.4 is 9.47 Å². The normalized spacial score (nSPS) is 20.6. The smallest absolute Gasteiger partial charge is 0.326 e. The van der Waals surface area contributed by atoms with Crippen molar-refractivity contribution in [3.05, 3.63) is 70.9 Å². The summed E-state index contributed by atoms with van der Waals surface area (Å²) in [5.41, 5.74) is 3.15. The van der Waals surface area contributed by atoms with Gasteiger partial charge in [-0.25, -0.2) is 4.57 Å². The molecule has 1 aromatic carbocycles. The van der Waals surface area contributed by atoms with E-state index in [1.165, 1.54) is 11.8 Å². The van der Waals surface area contributed by atoms with Gasteiger partial charge in [-0.1, -0.05) is 30.3 Å². The summed E-state index contributed by atoms with van der Waals surface area (Å²) in [4.78, 5) is 22.4. The minimum Gasteiger partial charge on any atom is -0.343 e. The number of carbonyl (C=O) groups excluding carboxylic acids is 1. The second-order valence-corrected chi connectivity index (χ2v) is 7.36. The largest absolute Gasteiger partial charge is 0.343 e. The Morgan fingerprint density at radius 3 is 2.67 bits per heavy atom. The third-order valence-electron chi connectivity index (χ3n) is 4.73. The molecule has 4 rings (SSSR count). The number of amidine groups is 1. The van der Waals surface area contributed by atoms with Crippen LogP contribution in [0.4, 0.5) is 11.5 Å². The summed E-state index contributed by atoms with van der Waals surface area (Å²) in [6, 6.07) is 14.0. The molecule has 0 aliphatic carbocycles. The highest BCUT2D eigenvalue weighted by Crippen LogP contribution is 2.39. The maximum atomic E-state index is 13.1. The number of carbonyl (C=O) groups is 1. The maximum absolute atomic E-state index is 13.1. The number of hydrogen-bond acceptors (Lipinski definition) is 4. The number of hydrogen-bond donors (Lipinski definition) is 0. The van der Waals surface area contributed by atoms with Crippen LogP contribution in [0.2, 0.25) is 0 Å². The number of allylic oxidation sites excluding steroid dienone is 1. The first-order valence-corrected chi connectivity index (χ1v) is 9.70. The molecule has 5 nitrogen and oxygen atoms in total. The van der Waals surface area contributed by atoms with E-state index in [4.69, 9.17) is 4.99 Å². The van der Waals surface area contributed by atoms with Crippen molar-refractivity contribution in [2.75, 3.05) is 18.5 Å². The predicted octanol–water partition coefficient (Wildman–Crippen LogP) is 3.47. The van der Waals surface area contributed by atoms with Crippen molar-refractivity contribution < 1.29 is 9.36 Å². The van der Waals surface area contributed by atoms with Gasteiger partial charge < -0.3 is 4.90 Å². The molecule has 0 unspecified atom stereocenters. The fourth-order valence-corrected chi connectivity index (χ4v) is 4.38. The first kappa shape index (κ1) is 17.5. The van der Waals surface area contributed by atoms with Crippen molar-refractivity contribution in [2.45, 2.75) is 6.92 Å². The average Bonchev–Trinajstić information content (AvgIpc) is 2.99. The number of rotatable bonds is 2. The van der Waals surface area contributed by atoms with Crippen LogP contribution >= 0.6 is 11.8 Å². The minimum atomic E-state index is 0.00529. The zero-order valence-electron chi connectivity index (χ0n) is 15.6. The molecule has 0 atom stereocenters. The van der Waals surface area contributed by atoms with E-state index >= 15 is 0 Å². The maximum Gasteiger partial charge on any atom is 0.326 e. The zero-order chi connectivity index (χ0) is 19.0. The van der Waals surface area contributed by atoms with Gasteiger partial charge in [0.2, 0.25) is 0 Å². The van der Waals surface area contributed by atoms with Gasteiger partial charge in [-0.15, -0.1) is 0 Å². The number of aromatic nitrogens is 1. The van der Waals surface area contributed by atoms with Crippen molar-refractivity contribution in [1.82, 2.24) is 4.90 Å². The van der Waals surface area contributed by atoms with Gasteiger partial charge >= 0.3 is 5.82 Å². The second-order valence-electron chi connectivity index (χ2n) is 6.38. The van der Waals surface area contributed by atoms with Crippen LogP contribution in [0.5, 0.6) is 0 Å². The van der Waals surface area contributed by atoms with Gasteiger partial charge in [0.05, 0.1) is 18.9 Å². The zero-order valence-corrected chi connectivity index (χ0v) is 16.4. The van der Waals surface area contributed by atoms with Crippen LogP contribution in [0, 0.1) is 0 Å². The molecule has 2 aromatic rings. The van der Waals surface area contributed by atoms with Crippen molar-refractivity contribution in [3.63, 3.8) is 0 Å². The molecule has 1 amide bonds. The number of likely N-dealkylation sites (N-methyl/N-ethyl adjacent to an activating group) is 2. The molecule has 0 N–H and O–H groups in total.